The fourth-order valence-corrected chi connectivity index (χ4v) is 3.23. The number of fused-ring (bicyclic) bond motifs is 1. The Bertz CT molecular complexity index is 544. The molecule has 1 aliphatic carbocycles. The lowest BCUT2D eigenvalue weighted by molar-refractivity contribution is 0.407. The average molecular weight is 295 g/mol. The van der Waals surface area contributed by atoms with Crippen molar-refractivity contribution in [2.75, 3.05) is 0 Å². The fourth-order valence-electron chi connectivity index (χ4n) is 2.74. The van der Waals surface area contributed by atoms with Gasteiger partial charge in [-0.05, 0) is 40.9 Å². The molecule has 3 nitrogen and oxygen atoms in total. The summed E-state index contributed by atoms with van der Waals surface area (Å²) in [6.45, 7) is 0. The van der Waals surface area contributed by atoms with Crippen LogP contribution in [0.4, 0.5) is 0 Å². The minimum atomic E-state index is 0.279. The summed E-state index contributed by atoms with van der Waals surface area (Å²) in [6, 6.07) is 5.54. The second-order valence-corrected chi connectivity index (χ2v) is 5.45. The number of imidazole rings is 1. The standard InChI is InChI=1S/C13H15BrN2O/c14-12-10-7-4-8-11(17)16(10)13(15-12)9-5-2-1-3-6-9/h4,7-9,17H,1-3,5-6H2. The van der Waals surface area contributed by atoms with Crippen LogP contribution < -0.4 is 0 Å². The first-order chi connectivity index (χ1) is 8.27. The van der Waals surface area contributed by atoms with E-state index in [1.54, 1.807) is 6.07 Å². The molecule has 1 N–H and O–H groups in total. The van der Waals surface area contributed by atoms with Gasteiger partial charge >= 0.3 is 0 Å². The molecule has 0 aliphatic heterocycles. The van der Waals surface area contributed by atoms with Gasteiger partial charge in [0.25, 0.3) is 0 Å². The summed E-state index contributed by atoms with van der Waals surface area (Å²) < 4.78 is 2.70. The molecule has 1 saturated carbocycles. The topological polar surface area (TPSA) is 37.5 Å². The van der Waals surface area contributed by atoms with E-state index in [9.17, 15) is 5.11 Å². The normalized spacial score (nSPS) is 17.7. The van der Waals surface area contributed by atoms with Crippen LogP contribution in [-0.4, -0.2) is 14.5 Å². The molecule has 17 heavy (non-hydrogen) atoms. The number of nitrogens with zero attached hydrogens (tertiary/aromatic N) is 2. The van der Waals surface area contributed by atoms with Gasteiger partial charge in [0.2, 0.25) is 0 Å². The molecule has 0 saturated heterocycles. The highest BCUT2D eigenvalue weighted by Crippen LogP contribution is 2.35. The number of pyridine rings is 1. The van der Waals surface area contributed by atoms with E-state index < -0.39 is 0 Å². The first kappa shape index (κ1) is 11.1. The van der Waals surface area contributed by atoms with Crippen molar-refractivity contribution in [3.05, 3.63) is 28.6 Å². The SMILES string of the molecule is Oc1cccc2c(Br)nc(C3CCCCC3)n12. The van der Waals surface area contributed by atoms with Gasteiger partial charge in [0, 0.05) is 5.92 Å². The summed E-state index contributed by atoms with van der Waals surface area (Å²) in [6.07, 6.45) is 6.22. The lowest BCUT2D eigenvalue weighted by atomic mass is 9.89. The summed E-state index contributed by atoms with van der Waals surface area (Å²) in [7, 11) is 0. The Kier molecular flexibility index (Phi) is 2.82. The van der Waals surface area contributed by atoms with Crippen molar-refractivity contribution in [3.8, 4) is 5.88 Å². The fraction of sp³-hybridized carbons (Fsp3) is 0.462. The maximum Gasteiger partial charge on any atom is 0.197 e. The largest absolute Gasteiger partial charge is 0.494 e. The summed E-state index contributed by atoms with van der Waals surface area (Å²) in [4.78, 5) is 4.59. The number of hydrogen-bond acceptors (Lipinski definition) is 2. The molecule has 0 bridgehead atoms. The van der Waals surface area contributed by atoms with Gasteiger partial charge in [-0.2, -0.15) is 0 Å². The van der Waals surface area contributed by atoms with Gasteiger partial charge in [0.1, 0.15) is 10.4 Å². The molecule has 0 radical (unpaired) electrons. The highest BCUT2D eigenvalue weighted by molar-refractivity contribution is 9.10. The molecular weight excluding hydrogens is 280 g/mol. The van der Waals surface area contributed by atoms with Crippen LogP contribution in [0, 0.1) is 0 Å². The van der Waals surface area contributed by atoms with Crippen molar-refractivity contribution in [1.82, 2.24) is 9.38 Å². The third-order valence-corrected chi connectivity index (χ3v) is 4.18. The smallest absolute Gasteiger partial charge is 0.197 e. The van der Waals surface area contributed by atoms with Crippen LogP contribution in [0.5, 0.6) is 5.88 Å². The maximum absolute atomic E-state index is 10.00. The Balaban J connectivity index is 2.15. The van der Waals surface area contributed by atoms with E-state index in [-0.39, 0.29) is 5.88 Å². The number of halogens is 1. The molecular formula is C13H15BrN2O. The van der Waals surface area contributed by atoms with Gasteiger partial charge in [0.05, 0.1) is 5.52 Å². The van der Waals surface area contributed by atoms with Crippen LogP contribution >= 0.6 is 15.9 Å². The van der Waals surface area contributed by atoms with E-state index >= 15 is 0 Å². The predicted molar refractivity (Wildman–Crippen MR) is 70.4 cm³/mol. The van der Waals surface area contributed by atoms with Crippen LogP contribution in [0.1, 0.15) is 43.8 Å². The Morgan fingerprint density at radius 3 is 2.76 bits per heavy atom. The average Bonchev–Trinajstić information content (AvgIpc) is 2.70. The van der Waals surface area contributed by atoms with E-state index in [1.807, 2.05) is 16.5 Å². The Morgan fingerprint density at radius 1 is 1.24 bits per heavy atom. The zero-order valence-corrected chi connectivity index (χ0v) is 11.2. The Hall–Kier alpha value is -1.03. The second-order valence-electron chi connectivity index (χ2n) is 4.70. The minimum absolute atomic E-state index is 0.279. The molecule has 1 aliphatic rings. The Labute approximate surface area is 109 Å². The van der Waals surface area contributed by atoms with Crippen molar-refractivity contribution in [1.29, 1.82) is 0 Å². The summed E-state index contributed by atoms with van der Waals surface area (Å²) in [5.41, 5.74) is 0.950. The molecule has 0 spiro atoms. The van der Waals surface area contributed by atoms with E-state index in [0.717, 1.165) is 15.9 Å². The molecule has 4 heteroatoms. The van der Waals surface area contributed by atoms with Crippen LogP contribution in [0.3, 0.4) is 0 Å². The zero-order chi connectivity index (χ0) is 11.8. The highest BCUT2D eigenvalue weighted by Gasteiger charge is 2.22. The van der Waals surface area contributed by atoms with Crippen LogP contribution in [-0.2, 0) is 0 Å². The van der Waals surface area contributed by atoms with Crippen molar-refractivity contribution in [2.24, 2.45) is 0 Å². The van der Waals surface area contributed by atoms with Crippen molar-refractivity contribution in [2.45, 2.75) is 38.0 Å². The first-order valence-electron chi connectivity index (χ1n) is 6.13. The summed E-state index contributed by atoms with van der Waals surface area (Å²) in [5.74, 6) is 1.77. The van der Waals surface area contributed by atoms with Gasteiger partial charge < -0.3 is 5.11 Å². The number of hydrogen-bond donors (Lipinski definition) is 1. The molecule has 2 aromatic heterocycles. The lowest BCUT2D eigenvalue weighted by Gasteiger charge is -2.20. The number of rotatable bonds is 1. The molecule has 0 unspecified atom stereocenters. The second kappa shape index (κ2) is 4.33. The molecule has 0 atom stereocenters. The van der Waals surface area contributed by atoms with E-state index in [0.29, 0.717) is 5.92 Å². The molecule has 0 aromatic carbocycles. The van der Waals surface area contributed by atoms with Gasteiger partial charge in [-0.1, -0.05) is 25.3 Å². The molecule has 1 fully saturated rings. The van der Waals surface area contributed by atoms with Gasteiger partial charge in [-0.15, -0.1) is 0 Å². The lowest BCUT2D eigenvalue weighted by Crippen LogP contribution is -2.08. The van der Waals surface area contributed by atoms with Crippen molar-refractivity contribution < 1.29 is 5.11 Å². The quantitative estimate of drug-likeness (QED) is 0.867. The zero-order valence-electron chi connectivity index (χ0n) is 9.56. The highest BCUT2D eigenvalue weighted by atomic mass is 79.9. The van der Waals surface area contributed by atoms with E-state index in [4.69, 9.17) is 0 Å². The number of aromatic nitrogens is 2. The van der Waals surface area contributed by atoms with Crippen LogP contribution in [0.2, 0.25) is 0 Å². The van der Waals surface area contributed by atoms with Crippen LogP contribution in [0.15, 0.2) is 22.8 Å². The van der Waals surface area contributed by atoms with Crippen LogP contribution in [0.25, 0.3) is 5.52 Å². The number of aromatic hydroxyl groups is 1. The third-order valence-electron chi connectivity index (χ3n) is 3.59. The Morgan fingerprint density at radius 2 is 2.00 bits per heavy atom. The molecule has 2 heterocycles. The first-order valence-corrected chi connectivity index (χ1v) is 6.92. The van der Waals surface area contributed by atoms with Crippen molar-refractivity contribution in [3.63, 3.8) is 0 Å². The molecule has 0 amide bonds. The van der Waals surface area contributed by atoms with E-state index in [1.165, 1.54) is 32.1 Å². The molecule has 3 rings (SSSR count). The van der Waals surface area contributed by atoms with Gasteiger partial charge in [0.15, 0.2) is 5.88 Å². The summed E-state index contributed by atoms with van der Waals surface area (Å²) >= 11 is 3.48. The summed E-state index contributed by atoms with van der Waals surface area (Å²) in [5, 5.41) is 10.00. The predicted octanol–water partition coefficient (Wildman–Crippen LogP) is 3.85. The van der Waals surface area contributed by atoms with Gasteiger partial charge in [-0.25, -0.2) is 4.98 Å². The maximum atomic E-state index is 10.00. The third kappa shape index (κ3) is 1.84. The van der Waals surface area contributed by atoms with E-state index in [2.05, 4.69) is 20.9 Å². The molecule has 2 aromatic rings. The minimum Gasteiger partial charge on any atom is -0.494 e. The van der Waals surface area contributed by atoms with Gasteiger partial charge in [-0.3, -0.25) is 4.40 Å². The van der Waals surface area contributed by atoms with Crippen molar-refractivity contribution >= 4 is 21.4 Å². The monoisotopic (exact) mass is 294 g/mol. The molecule has 90 valence electrons.